The summed E-state index contributed by atoms with van der Waals surface area (Å²) in [4.78, 5) is 7.09. The molecule has 0 aliphatic carbocycles. The number of aromatic nitrogens is 1. The maximum atomic E-state index is 4.66. The largest absolute Gasteiger partial charge is 0.340 e. The van der Waals surface area contributed by atoms with E-state index in [1.165, 1.54) is 10.8 Å². The summed E-state index contributed by atoms with van der Waals surface area (Å²) in [6.07, 6.45) is 1.03. The average Bonchev–Trinajstić information content (AvgIpc) is 2.65. The molecule has 1 aliphatic heterocycles. The molecule has 4 heteroatoms. The Morgan fingerprint density at radius 3 is 3.00 bits per heavy atom. The van der Waals surface area contributed by atoms with Crippen LogP contribution in [0.5, 0.6) is 0 Å². The molecule has 0 spiro atoms. The number of thiazole rings is 1. The van der Waals surface area contributed by atoms with E-state index in [9.17, 15) is 0 Å². The third-order valence-corrected chi connectivity index (χ3v) is 3.85. The maximum Gasteiger partial charge on any atom is 0.186 e. The Morgan fingerprint density at radius 1 is 1.60 bits per heavy atom. The summed E-state index contributed by atoms with van der Waals surface area (Å²) >= 11 is 1.77. The van der Waals surface area contributed by atoms with Crippen molar-refractivity contribution in [2.75, 3.05) is 24.5 Å². The summed E-state index contributed by atoms with van der Waals surface area (Å²) in [6, 6.07) is 0. The van der Waals surface area contributed by atoms with Gasteiger partial charge >= 0.3 is 0 Å². The van der Waals surface area contributed by atoms with Crippen molar-refractivity contribution in [3.05, 3.63) is 11.1 Å². The van der Waals surface area contributed by atoms with Gasteiger partial charge in [0.25, 0.3) is 0 Å². The highest BCUT2D eigenvalue weighted by molar-refractivity contribution is 7.13. The molecule has 3 nitrogen and oxygen atoms in total. The molecule has 0 saturated carbocycles. The predicted molar refractivity (Wildman–Crippen MR) is 65.8 cm³/mol. The zero-order valence-electron chi connectivity index (χ0n) is 9.71. The minimum atomic E-state index is 0.182. The fourth-order valence-electron chi connectivity index (χ4n) is 1.92. The Bertz CT molecular complexity index is 332. The molecule has 84 valence electrons. The van der Waals surface area contributed by atoms with Crippen molar-refractivity contribution in [2.24, 2.45) is 0 Å². The van der Waals surface area contributed by atoms with Crippen LogP contribution >= 0.6 is 11.3 Å². The first-order valence-corrected chi connectivity index (χ1v) is 6.44. The molecule has 1 aromatic rings. The number of nitrogens with one attached hydrogen (secondary N) is 1. The molecule has 1 aliphatic rings. The van der Waals surface area contributed by atoms with E-state index < -0.39 is 0 Å². The number of piperazine rings is 1. The van der Waals surface area contributed by atoms with Gasteiger partial charge in [0.1, 0.15) is 0 Å². The highest BCUT2D eigenvalue weighted by Gasteiger charge is 2.31. The first-order chi connectivity index (χ1) is 7.13. The maximum absolute atomic E-state index is 4.66. The molecule has 0 radical (unpaired) electrons. The molecule has 1 N–H and O–H groups in total. The lowest BCUT2D eigenvalue weighted by Crippen LogP contribution is -2.58. The summed E-state index contributed by atoms with van der Waals surface area (Å²) < 4.78 is 0. The molecule has 1 aromatic heterocycles. The van der Waals surface area contributed by atoms with Crippen LogP contribution in [0.2, 0.25) is 0 Å². The second-order valence-electron chi connectivity index (χ2n) is 4.62. The van der Waals surface area contributed by atoms with Gasteiger partial charge in [0.15, 0.2) is 5.13 Å². The van der Waals surface area contributed by atoms with Crippen LogP contribution in [0.25, 0.3) is 0 Å². The second kappa shape index (κ2) is 4.10. The van der Waals surface area contributed by atoms with Crippen LogP contribution in [0.15, 0.2) is 5.38 Å². The minimum absolute atomic E-state index is 0.182. The summed E-state index contributed by atoms with van der Waals surface area (Å²) in [5, 5.41) is 6.78. The standard InChI is InChI=1S/C11H19N3S/c1-4-9-7-15-10(13-9)14-6-5-12-8-11(14,2)3/h7,12H,4-6,8H2,1-3H3. The molecule has 2 rings (SSSR count). The van der Waals surface area contributed by atoms with Crippen LogP contribution < -0.4 is 10.2 Å². The van der Waals surface area contributed by atoms with E-state index in [-0.39, 0.29) is 5.54 Å². The van der Waals surface area contributed by atoms with Crippen molar-refractivity contribution in [1.82, 2.24) is 10.3 Å². The summed E-state index contributed by atoms with van der Waals surface area (Å²) in [5.41, 5.74) is 1.39. The molecule has 2 heterocycles. The van der Waals surface area contributed by atoms with Crippen molar-refractivity contribution in [1.29, 1.82) is 0 Å². The number of nitrogens with zero attached hydrogens (tertiary/aromatic N) is 2. The normalized spacial score (nSPS) is 20.6. The number of rotatable bonds is 2. The fourth-order valence-corrected chi connectivity index (χ4v) is 3.02. The fraction of sp³-hybridized carbons (Fsp3) is 0.727. The van der Waals surface area contributed by atoms with E-state index in [0.29, 0.717) is 0 Å². The van der Waals surface area contributed by atoms with Crippen LogP contribution in [0, 0.1) is 0 Å². The molecule has 0 amide bonds. The number of aryl methyl sites for hydroxylation is 1. The molecule has 0 atom stereocenters. The molecular formula is C11H19N3S. The van der Waals surface area contributed by atoms with Gasteiger partial charge in [-0.25, -0.2) is 4.98 Å². The van der Waals surface area contributed by atoms with Gasteiger partial charge in [0, 0.05) is 30.6 Å². The number of anilines is 1. The third kappa shape index (κ3) is 2.16. The lowest BCUT2D eigenvalue weighted by atomic mass is 10.0. The molecule has 15 heavy (non-hydrogen) atoms. The van der Waals surface area contributed by atoms with E-state index in [4.69, 9.17) is 0 Å². The third-order valence-electron chi connectivity index (χ3n) is 2.93. The average molecular weight is 225 g/mol. The van der Waals surface area contributed by atoms with E-state index in [0.717, 1.165) is 26.1 Å². The first-order valence-electron chi connectivity index (χ1n) is 5.56. The summed E-state index contributed by atoms with van der Waals surface area (Å²) in [6.45, 7) is 9.85. The Balaban J connectivity index is 2.21. The van der Waals surface area contributed by atoms with Crippen molar-refractivity contribution < 1.29 is 0 Å². The number of hydrogen-bond acceptors (Lipinski definition) is 4. The first kappa shape index (κ1) is 10.9. The van der Waals surface area contributed by atoms with Gasteiger partial charge in [0.05, 0.1) is 5.69 Å². The van der Waals surface area contributed by atoms with E-state index in [1.807, 2.05) is 0 Å². The van der Waals surface area contributed by atoms with E-state index >= 15 is 0 Å². The minimum Gasteiger partial charge on any atom is -0.340 e. The zero-order chi connectivity index (χ0) is 10.9. The molecule has 1 saturated heterocycles. The smallest absolute Gasteiger partial charge is 0.186 e. The monoisotopic (exact) mass is 225 g/mol. The Kier molecular flexibility index (Phi) is 2.98. The van der Waals surface area contributed by atoms with Gasteiger partial charge < -0.3 is 10.2 Å². The van der Waals surface area contributed by atoms with Gasteiger partial charge in [-0.05, 0) is 20.3 Å². The molecular weight excluding hydrogens is 206 g/mol. The SMILES string of the molecule is CCc1csc(N2CCNCC2(C)C)n1. The summed E-state index contributed by atoms with van der Waals surface area (Å²) in [7, 11) is 0. The number of hydrogen-bond donors (Lipinski definition) is 1. The van der Waals surface area contributed by atoms with Crippen LogP contribution in [0.4, 0.5) is 5.13 Å². The Labute approximate surface area is 95.5 Å². The quantitative estimate of drug-likeness (QED) is 0.833. The topological polar surface area (TPSA) is 28.2 Å². The van der Waals surface area contributed by atoms with Crippen molar-refractivity contribution in [2.45, 2.75) is 32.7 Å². The van der Waals surface area contributed by atoms with Gasteiger partial charge in [-0.1, -0.05) is 6.92 Å². The van der Waals surface area contributed by atoms with Crippen LogP contribution in [-0.2, 0) is 6.42 Å². The highest BCUT2D eigenvalue weighted by atomic mass is 32.1. The van der Waals surface area contributed by atoms with Crippen LogP contribution in [-0.4, -0.2) is 30.2 Å². The zero-order valence-corrected chi connectivity index (χ0v) is 10.5. The lowest BCUT2D eigenvalue weighted by molar-refractivity contribution is 0.380. The van der Waals surface area contributed by atoms with Crippen molar-refractivity contribution >= 4 is 16.5 Å². The second-order valence-corrected chi connectivity index (χ2v) is 5.45. The van der Waals surface area contributed by atoms with Gasteiger partial charge in [-0.15, -0.1) is 11.3 Å². The van der Waals surface area contributed by atoms with Gasteiger partial charge in [-0.2, -0.15) is 0 Å². The van der Waals surface area contributed by atoms with Crippen LogP contribution in [0.3, 0.4) is 0 Å². The van der Waals surface area contributed by atoms with E-state index in [2.05, 4.69) is 41.4 Å². The molecule has 0 unspecified atom stereocenters. The highest BCUT2D eigenvalue weighted by Crippen LogP contribution is 2.28. The van der Waals surface area contributed by atoms with Crippen molar-refractivity contribution in [3.8, 4) is 0 Å². The van der Waals surface area contributed by atoms with Gasteiger partial charge in [-0.3, -0.25) is 0 Å². The van der Waals surface area contributed by atoms with Gasteiger partial charge in [0.2, 0.25) is 0 Å². The van der Waals surface area contributed by atoms with Crippen molar-refractivity contribution in [3.63, 3.8) is 0 Å². The van der Waals surface area contributed by atoms with Crippen LogP contribution in [0.1, 0.15) is 26.5 Å². The van der Waals surface area contributed by atoms with E-state index in [1.54, 1.807) is 11.3 Å². The lowest BCUT2D eigenvalue weighted by Gasteiger charge is -2.42. The Hall–Kier alpha value is -0.610. The predicted octanol–water partition coefficient (Wildman–Crippen LogP) is 1.89. The Morgan fingerprint density at radius 2 is 2.40 bits per heavy atom. The molecule has 0 bridgehead atoms. The molecule has 0 aromatic carbocycles. The summed E-state index contributed by atoms with van der Waals surface area (Å²) in [5.74, 6) is 0. The molecule has 1 fully saturated rings.